The van der Waals surface area contributed by atoms with Crippen molar-refractivity contribution in [2.24, 2.45) is 10.2 Å². The zero-order valence-electron chi connectivity index (χ0n) is 13.0. The summed E-state index contributed by atoms with van der Waals surface area (Å²) in [6, 6.07) is 7.38. The van der Waals surface area contributed by atoms with Crippen LogP contribution in [0.2, 0.25) is 0 Å². The van der Waals surface area contributed by atoms with Crippen LogP contribution >= 0.6 is 0 Å². The molecule has 110 valence electrons. The second-order valence-corrected chi connectivity index (χ2v) is 6.60. The third kappa shape index (κ3) is 6.87. The molecule has 0 fully saturated rings. The largest absolute Gasteiger partial charge is 0.452 e. The molecular formula is C15H23N3O2. The minimum absolute atomic E-state index is 0.000447. The molecule has 1 aromatic rings. The van der Waals surface area contributed by atoms with E-state index < -0.39 is 11.7 Å². The molecule has 1 aromatic carbocycles. The van der Waals surface area contributed by atoms with Crippen LogP contribution in [0.5, 0.6) is 0 Å². The Labute approximate surface area is 120 Å². The van der Waals surface area contributed by atoms with Crippen LogP contribution in [-0.4, -0.2) is 17.2 Å². The Balaban J connectivity index is 2.64. The number of nitrogens with one attached hydrogen (secondary N) is 1. The van der Waals surface area contributed by atoms with Gasteiger partial charge in [-0.05, 0) is 65.8 Å². The fraction of sp³-hybridized carbons (Fsp3) is 0.533. The van der Waals surface area contributed by atoms with Gasteiger partial charge in [0.1, 0.15) is 5.60 Å². The van der Waals surface area contributed by atoms with Crippen LogP contribution in [0.4, 0.5) is 16.2 Å². The average molecular weight is 277 g/mol. The Hall–Kier alpha value is -1.91. The maximum absolute atomic E-state index is 11.4. The molecular weight excluding hydrogens is 254 g/mol. The molecule has 0 atom stereocenters. The number of carbonyl (C=O) groups excluding carboxylic acids is 1. The number of azo groups is 1. The van der Waals surface area contributed by atoms with E-state index in [1.54, 1.807) is 32.9 Å². The normalized spacial score (nSPS) is 12.5. The van der Waals surface area contributed by atoms with Gasteiger partial charge >= 0.3 is 6.09 Å². The van der Waals surface area contributed by atoms with Crippen LogP contribution in [0.25, 0.3) is 0 Å². The van der Waals surface area contributed by atoms with Gasteiger partial charge in [-0.3, -0.25) is 0 Å². The molecule has 0 bridgehead atoms. The lowest BCUT2D eigenvalue weighted by Crippen LogP contribution is -2.25. The van der Waals surface area contributed by atoms with Gasteiger partial charge in [-0.2, -0.15) is 0 Å². The van der Waals surface area contributed by atoms with E-state index in [-0.39, 0.29) is 5.54 Å². The summed E-state index contributed by atoms with van der Waals surface area (Å²) >= 11 is 0. The topological polar surface area (TPSA) is 63.0 Å². The molecule has 0 aliphatic rings. The van der Waals surface area contributed by atoms with Gasteiger partial charge in [0.15, 0.2) is 0 Å². The van der Waals surface area contributed by atoms with Crippen molar-refractivity contribution in [1.29, 1.82) is 0 Å². The predicted molar refractivity (Wildman–Crippen MR) is 80.6 cm³/mol. The van der Waals surface area contributed by atoms with Gasteiger partial charge in [-0.1, -0.05) is 5.11 Å². The molecule has 0 heterocycles. The molecule has 1 amide bonds. The minimum atomic E-state index is -0.686. The van der Waals surface area contributed by atoms with Crippen molar-refractivity contribution in [2.45, 2.75) is 52.7 Å². The Morgan fingerprint density at radius 2 is 1.60 bits per heavy atom. The summed E-state index contributed by atoms with van der Waals surface area (Å²) in [6.07, 6.45) is -0.686. The number of hydrogen-bond acceptors (Lipinski definition) is 4. The van der Waals surface area contributed by atoms with Crippen LogP contribution in [0.15, 0.2) is 34.5 Å². The molecule has 0 radical (unpaired) electrons. The van der Waals surface area contributed by atoms with Crippen LogP contribution < -0.4 is 5.32 Å². The summed E-state index contributed by atoms with van der Waals surface area (Å²) in [5.41, 5.74) is 1.04. The van der Waals surface area contributed by atoms with Gasteiger partial charge in [-0.15, -0.1) is 5.11 Å². The first-order valence-electron chi connectivity index (χ1n) is 6.58. The van der Waals surface area contributed by atoms with E-state index in [1.807, 2.05) is 12.1 Å². The van der Waals surface area contributed by atoms with Crippen LogP contribution in [0.1, 0.15) is 41.5 Å². The molecule has 5 nitrogen and oxygen atoms in total. The minimum Gasteiger partial charge on any atom is -0.441 e. The third-order valence-electron chi connectivity index (χ3n) is 2.03. The summed E-state index contributed by atoms with van der Waals surface area (Å²) in [5, 5.41) is 10.7. The molecule has 0 aliphatic carbocycles. The maximum atomic E-state index is 11.4. The molecule has 1 rings (SSSR count). The summed E-state index contributed by atoms with van der Waals surface area (Å²) in [6.45, 7) is 11.6. The number of amides is 1. The van der Waals surface area contributed by atoms with Gasteiger partial charge in [0.05, 0.1) is 5.69 Å². The van der Waals surface area contributed by atoms with Crippen LogP contribution in [0.3, 0.4) is 0 Å². The van der Waals surface area contributed by atoms with Gasteiger partial charge < -0.3 is 10.1 Å². The highest BCUT2D eigenvalue weighted by atomic mass is 16.6. The van der Waals surface area contributed by atoms with E-state index in [4.69, 9.17) is 4.74 Å². The molecule has 0 aromatic heterocycles. The number of carbonyl (C=O) groups is 1. The second-order valence-electron chi connectivity index (χ2n) is 6.60. The fourth-order valence-electron chi connectivity index (χ4n) is 1.43. The fourth-order valence-corrected chi connectivity index (χ4v) is 1.43. The lowest BCUT2D eigenvalue weighted by molar-refractivity contribution is 0.0592. The van der Waals surface area contributed by atoms with Gasteiger partial charge in [0, 0.05) is 11.2 Å². The van der Waals surface area contributed by atoms with Crippen molar-refractivity contribution < 1.29 is 9.53 Å². The van der Waals surface area contributed by atoms with Crippen molar-refractivity contribution in [3.8, 4) is 0 Å². The Bertz CT molecular complexity index is 479. The average Bonchev–Trinajstić information content (AvgIpc) is 2.23. The summed E-state index contributed by atoms with van der Waals surface area (Å²) < 4.78 is 5.04. The summed E-state index contributed by atoms with van der Waals surface area (Å²) in [7, 11) is 0. The molecule has 20 heavy (non-hydrogen) atoms. The molecule has 0 saturated carbocycles. The number of benzene rings is 1. The van der Waals surface area contributed by atoms with Gasteiger partial charge in [0.2, 0.25) is 0 Å². The highest BCUT2D eigenvalue weighted by Gasteiger charge is 2.15. The quantitative estimate of drug-likeness (QED) is 0.781. The molecule has 0 unspecified atom stereocenters. The Kier molecular flexibility index (Phi) is 4.87. The number of hydrogen-bond donors (Lipinski definition) is 1. The molecule has 0 aliphatic heterocycles. The van der Waals surface area contributed by atoms with E-state index >= 15 is 0 Å². The van der Waals surface area contributed by atoms with Crippen LogP contribution in [0, 0.1) is 0 Å². The maximum Gasteiger partial charge on any atom is 0.452 e. The zero-order valence-corrected chi connectivity index (χ0v) is 13.0. The van der Waals surface area contributed by atoms with Crippen LogP contribution in [-0.2, 0) is 4.74 Å². The number of anilines is 1. The summed E-state index contributed by atoms with van der Waals surface area (Å²) in [5.74, 6) is 0. The summed E-state index contributed by atoms with van der Waals surface area (Å²) in [4.78, 5) is 11.4. The van der Waals surface area contributed by atoms with Crippen molar-refractivity contribution in [1.82, 2.24) is 0 Å². The van der Waals surface area contributed by atoms with E-state index in [0.717, 1.165) is 5.69 Å². The molecule has 0 saturated heterocycles. The van der Waals surface area contributed by atoms with Crippen molar-refractivity contribution >= 4 is 17.5 Å². The number of nitrogens with zero attached hydrogens (tertiary/aromatic N) is 2. The molecule has 1 N–H and O–H groups in total. The predicted octanol–water partition coefficient (Wildman–Crippen LogP) is 4.92. The SMILES string of the molecule is CC(C)(C)Nc1ccc(N=NC(=O)OC(C)(C)C)cc1. The number of rotatable bonds is 2. The molecule has 5 heteroatoms. The van der Waals surface area contributed by atoms with E-state index in [2.05, 4.69) is 36.3 Å². The number of ether oxygens (including phenoxy) is 1. The first-order valence-corrected chi connectivity index (χ1v) is 6.58. The standard InChI is InChI=1S/C15H23N3O2/c1-14(2,3)16-11-7-9-12(10-8-11)17-18-13(19)20-15(4,5)6/h7-10,16H,1-6H3. The van der Waals surface area contributed by atoms with E-state index in [9.17, 15) is 4.79 Å². The lowest BCUT2D eigenvalue weighted by atomic mass is 10.1. The zero-order chi connectivity index (χ0) is 15.4. The third-order valence-corrected chi connectivity index (χ3v) is 2.03. The van der Waals surface area contributed by atoms with Crippen molar-refractivity contribution in [2.75, 3.05) is 5.32 Å². The van der Waals surface area contributed by atoms with E-state index in [1.165, 1.54) is 0 Å². The first-order chi connectivity index (χ1) is 9.05. The lowest BCUT2D eigenvalue weighted by Gasteiger charge is -2.22. The second kappa shape index (κ2) is 6.03. The van der Waals surface area contributed by atoms with E-state index in [0.29, 0.717) is 5.69 Å². The highest BCUT2D eigenvalue weighted by molar-refractivity contribution is 5.68. The van der Waals surface area contributed by atoms with Gasteiger partial charge in [-0.25, -0.2) is 4.79 Å². The highest BCUT2D eigenvalue weighted by Crippen LogP contribution is 2.20. The Morgan fingerprint density at radius 3 is 2.05 bits per heavy atom. The first kappa shape index (κ1) is 16.1. The van der Waals surface area contributed by atoms with Crippen molar-refractivity contribution in [3.05, 3.63) is 24.3 Å². The molecule has 0 spiro atoms. The van der Waals surface area contributed by atoms with Crippen molar-refractivity contribution in [3.63, 3.8) is 0 Å². The van der Waals surface area contributed by atoms with Gasteiger partial charge in [0.25, 0.3) is 0 Å². The monoisotopic (exact) mass is 277 g/mol. The smallest absolute Gasteiger partial charge is 0.441 e. The Morgan fingerprint density at radius 1 is 1.05 bits per heavy atom.